The van der Waals surface area contributed by atoms with Crippen LogP contribution < -0.4 is 10.5 Å². The summed E-state index contributed by atoms with van der Waals surface area (Å²) in [7, 11) is 0.274. The van der Waals surface area contributed by atoms with Crippen LogP contribution in [-0.4, -0.2) is 63.7 Å². The van der Waals surface area contributed by atoms with Gasteiger partial charge in [-0.1, -0.05) is 0 Å². The normalized spacial score (nSPS) is 11.9. The van der Waals surface area contributed by atoms with Crippen LogP contribution >= 0.6 is 0 Å². The van der Waals surface area contributed by atoms with Crippen LogP contribution in [-0.2, 0) is 14.8 Å². The first-order valence-corrected chi connectivity index (χ1v) is 7.20. The van der Waals surface area contributed by atoms with Gasteiger partial charge in [0.2, 0.25) is 16.0 Å². The monoisotopic (exact) mass is 289 g/mol. The molecule has 9 heteroatoms. The fourth-order valence-corrected chi connectivity index (χ4v) is 2.05. The van der Waals surface area contributed by atoms with E-state index in [4.69, 9.17) is 10.5 Å². The third-order valence-electron chi connectivity index (χ3n) is 2.18. The van der Waals surface area contributed by atoms with Crippen LogP contribution in [0.1, 0.15) is 0 Å². The third kappa shape index (κ3) is 5.92. The molecule has 3 N–H and O–H groups in total. The van der Waals surface area contributed by atoms with Crippen molar-refractivity contribution in [2.45, 2.75) is 4.90 Å². The van der Waals surface area contributed by atoms with Crippen molar-refractivity contribution in [3.8, 4) is 0 Å². The molecule has 0 aliphatic rings. The third-order valence-corrected chi connectivity index (χ3v) is 3.60. The highest BCUT2D eigenvalue weighted by Crippen LogP contribution is 2.05. The van der Waals surface area contributed by atoms with Crippen LogP contribution in [0.5, 0.6) is 0 Å². The van der Waals surface area contributed by atoms with Gasteiger partial charge in [0.05, 0.1) is 25.6 Å². The van der Waals surface area contributed by atoms with Gasteiger partial charge in [0.15, 0.2) is 0 Å². The molecule has 0 amide bonds. The molecular formula is C10H19N5O3S. The van der Waals surface area contributed by atoms with Gasteiger partial charge in [-0.3, -0.25) is 0 Å². The summed E-state index contributed by atoms with van der Waals surface area (Å²) < 4.78 is 31.2. The number of nitrogens with two attached hydrogens (primary N) is 1. The highest BCUT2D eigenvalue weighted by Gasteiger charge is 2.14. The molecule has 1 heterocycles. The maximum Gasteiger partial charge on any atom is 0.243 e. The maximum absolute atomic E-state index is 11.8. The van der Waals surface area contributed by atoms with Gasteiger partial charge in [0.25, 0.3) is 0 Å². The average molecular weight is 289 g/mol. The minimum atomic E-state index is -3.60. The summed E-state index contributed by atoms with van der Waals surface area (Å²) in [5, 5.41) is 0. The van der Waals surface area contributed by atoms with Crippen molar-refractivity contribution in [2.24, 2.45) is 0 Å². The van der Waals surface area contributed by atoms with E-state index in [9.17, 15) is 8.42 Å². The van der Waals surface area contributed by atoms with Crippen LogP contribution in [0, 0.1) is 0 Å². The van der Waals surface area contributed by atoms with Crippen LogP contribution in [0.15, 0.2) is 17.3 Å². The molecule has 0 aromatic carbocycles. The second-order valence-electron chi connectivity index (χ2n) is 4.09. The SMILES string of the molecule is CN(C)CCOCCNS(=O)(=O)c1cnc(N)nc1. The Hall–Kier alpha value is -1.29. The van der Waals surface area contributed by atoms with Gasteiger partial charge in [-0.05, 0) is 14.1 Å². The Morgan fingerprint density at radius 2 is 1.95 bits per heavy atom. The van der Waals surface area contributed by atoms with Gasteiger partial charge in [-0.2, -0.15) is 0 Å². The molecule has 0 aliphatic heterocycles. The van der Waals surface area contributed by atoms with Gasteiger partial charge < -0.3 is 15.4 Å². The van der Waals surface area contributed by atoms with E-state index in [1.165, 1.54) is 0 Å². The number of nitrogens with one attached hydrogen (secondary N) is 1. The standard InChI is InChI=1S/C10H19N5O3S/c1-15(2)4-6-18-5-3-14-19(16,17)9-7-12-10(11)13-8-9/h7-8,14H,3-6H2,1-2H3,(H2,11,12,13). The predicted octanol–water partition coefficient (Wildman–Crippen LogP) is -1.08. The maximum atomic E-state index is 11.8. The fraction of sp³-hybridized carbons (Fsp3) is 0.600. The lowest BCUT2D eigenvalue weighted by Crippen LogP contribution is -2.28. The molecule has 19 heavy (non-hydrogen) atoms. The van der Waals surface area contributed by atoms with Gasteiger partial charge in [-0.25, -0.2) is 23.1 Å². The largest absolute Gasteiger partial charge is 0.379 e. The quantitative estimate of drug-likeness (QED) is 0.585. The van der Waals surface area contributed by atoms with Gasteiger partial charge in [0, 0.05) is 13.1 Å². The lowest BCUT2D eigenvalue weighted by atomic mass is 10.6. The second-order valence-corrected chi connectivity index (χ2v) is 5.86. The van der Waals surface area contributed by atoms with E-state index in [-0.39, 0.29) is 17.4 Å². The Morgan fingerprint density at radius 1 is 1.32 bits per heavy atom. The number of likely N-dealkylation sites (N-methyl/N-ethyl adjacent to an activating group) is 1. The lowest BCUT2D eigenvalue weighted by molar-refractivity contribution is 0.122. The van der Waals surface area contributed by atoms with E-state index in [0.717, 1.165) is 18.9 Å². The molecule has 1 rings (SSSR count). The van der Waals surface area contributed by atoms with Crippen LogP contribution in [0.2, 0.25) is 0 Å². The van der Waals surface area contributed by atoms with E-state index in [1.54, 1.807) is 0 Å². The number of ether oxygens (including phenoxy) is 1. The zero-order valence-corrected chi connectivity index (χ0v) is 11.9. The van der Waals surface area contributed by atoms with Crippen LogP contribution in [0.25, 0.3) is 0 Å². The number of sulfonamides is 1. The molecule has 0 saturated carbocycles. The summed E-state index contributed by atoms with van der Waals surface area (Å²) in [5.41, 5.74) is 5.29. The Bertz CT molecular complexity index is 474. The number of nitrogen functional groups attached to an aromatic ring is 1. The number of aromatic nitrogens is 2. The van der Waals surface area contributed by atoms with Crippen molar-refractivity contribution < 1.29 is 13.2 Å². The molecular weight excluding hydrogens is 270 g/mol. The first-order valence-electron chi connectivity index (χ1n) is 5.71. The number of nitrogens with zero attached hydrogens (tertiary/aromatic N) is 3. The zero-order chi connectivity index (χ0) is 14.3. The Morgan fingerprint density at radius 3 is 2.53 bits per heavy atom. The van der Waals surface area contributed by atoms with Crippen molar-refractivity contribution in [3.63, 3.8) is 0 Å². The average Bonchev–Trinajstić information content (AvgIpc) is 2.34. The number of hydrogen-bond donors (Lipinski definition) is 2. The number of anilines is 1. The van der Waals surface area contributed by atoms with Crippen molar-refractivity contribution in [2.75, 3.05) is 46.1 Å². The van der Waals surface area contributed by atoms with E-state index in [0.29, 0.717) is 13.2 Å². The molecule has 0 saturated heterocycles. The van der Waals surface area contributed by atoms with Crippen LogP contribution in [0.3, 0.4) is 0 Å². The molecule has 0 unspecified atom stereocenters. The first-order chi connectivity index (χ1) is 8.92. The summed E-state index contributed by atoms with van der Waals surface area (Å²) in [5.74, 6) is 0.0333. The molecule has 0 bridgehead atoms. The molecule has 0 radical (unpaired) electrons. The molecule has 0 atom stereocenters. The number of hydrogen-bond acceptors (Lipinski definition) is 7. The Kier molecular flexibility index (Phi) is 6.09. The summed E-state index contributed by atoms with van der Waals surface area (Å²) in [6, 6.07) is 0. The van der Waals surface area contributed by atoms with E-state index in [2.05, 4.69) is 14.7 Å². The molecule has 8 nitrogen and oxygen atoms in total. The Labute approximate surface area is 113 Å². The summed E-state index contributed by atoms with van der Waals surface area (Å²) >= 11 is 0. The van der Waals surface area contributed by atoms with Crippen molar-refractivity contribution in [3.05, 3.63) is 12.4 Å². The van der Waals surface area contributed by atoms with Crippen molar-refractivity contribution in [1.29, 1.82) is 0 Å². The molecule has 108 valence electrons. The van der Waals surface area contributed by atoms with Gasteiger partial charge in [-0.15, -0.1) is 0 Å². The molecule has 0 spiro atoms. The first kappa shape index (κ1) is 15.8. The molecule has 0 aliphatic carbocycles. The van der Waals surface area contributed by atoms with Crippen molar-refractivity contribution in [1.82, 2.24) is 19.6 Å². The topological polar surface area (TPSA) is 110 Å². The van der Waals surface area contributed by atoms with Gasteiger partial charge >= 0.3 is 0 Å². The highest BCUT2D eigenvalue weighted by atomic mass is 32.2. The fourth-order valence-electron chi connectivity index (χ4n) is 1.15. The van der Waals surface area contributed by atoms with E-state index in [1.807, 2.05) is 19.0 Å². The molecule has 1 aromatic rings. The smallest absolute Gasteiger partial charge is 0.243 e. The van der Waals surface area contributed by atoms with E-state index < -0.39 is 10.0 Å². The van der Waals surface area contributed by atoms with Gasteiger partial charge in [0.1, 0.15) is 4.90 Å². The van der Waals surface area contributed by atoms with Crippen molar-refractivity contribution >= 4 is 16.0 Å². The zero-order valence-electron chi connectivity index (χ0n) is 11.0. The molecule has 0 fully saturated rings. The minimum absolute atomic E-state index is 0.0185. The Balaban J connectivity index is 2.33. The highest BCUT2D eigenvalue weighted by molar-refractivity contribution is 7.89. The second kappa shape index (κ2) is 7.34. The minimum Gasteiger partial charge on any atom is -0.379 e. The predicted molar refractivity (Wildman–Crippen MR) is 71.0 cm³/mol. The lowest BCUT2D eigenvalue weighted by Gasteiger charge is -2.10. The summed E-state index contributed by atoms with van der Waals surface area (Å²) in [6.07, 6.45) is 2.33. The van der Waals surface area contributed by atoms with E-state index >= 15 is 0 Å². The summed E-state index contributed by atoms with van der Waals surface area (Å²) in [4.78, 5) is 9.23. The summed E-state index contributed by atoms with van der Waals surface area (Å²) in [6.45, 7) is 1.85. The molecule has 1 aromatic heterocycles. The van der Waals surface area contributed by atoms with Crippen LogP contribution in [0.4, 0.5) is 5.95 Å². The number of rotatable bonds is 8.